The van der Waals surface area contributed by atoms with E-state index in [1.165, 1.54) is 12.8 Å². The quantitative estimate of drug-likeness (QED) is 0.608. The van der Waals surface area contributed by atoms with Crippen LogP contribution >= 0.6 is 0 Å². The fraction of sp³-hybridized carbons (Fsp3) is 0.632. The van der Waals surface area contributed by atoms with E-state index in [4.69, 9.17) is 0 Å². The molecule has 0 bridgehead atoms. The molecule has 1 heterocycles. The van der Waals surface area contributed by atoms with Crippen LogP contribution in [0.25, 0.3) is 0 Å². The van der Waals surface area contributed by atoms with Crippen molar-refractivity contribution in [3.8, 4) is 0 Å². The average Bonchev–Trinajstić information content (AvgIpc) is 3.00. The predicted octanol–water partition coefficient (Wildman–Crippen LogP) is 2.88. The molecule has 1 aromatic carbocycles. The van der Waals surface area contributed by atoms with E-state index >= 15 is 0 Å². The molecule has 0 aromatic heterocycles. The van der Waals surface area contributed by atoms with Gasteiger partial charge in [-0.2, -0.15) is 0 Å². The molecule has 2 rings (SSSR count). The van der Waals surface area contributed by atoms with Gasteiger partial charge in [-0.05, 0) is 30.2 Å². The topological polar surface area (TPSA) is 44.7 Å². The fourth-order valence-electron chi connectivity index (χ4n) is 3.33. The average molecular weight is 350 g/mol. The molecule has 1 aliphatic heterocycles. The minimum Gasteiger partial charge on any atom is -0.355 e. The minimum atomic E-state index is -0.842. The molecule has 0 amide bonds. The summed E-state index contributed by atoms with van der Waals surface area (Å²) in [7, 11) is 0.991. The number of likely N-dealkylation sites (tertiary alicyclic amines) is 1. The van der Waals surface area contributed by atoms with Crippen LogP contribution in [-0.2, 0) is 16.6 Å². The SMILES string of the molecule is CN=C(NCCS(=O)Cc1ccccc1)N1CCC(CC(C)C)C1. The van der Waals surface area contributed by atoms with Crippen molar-refractivity contribution in [2.45, 2.75) is 32.4 Å². The molecule has 5 heteroatoms. The highest BCUT2D eigenvalue weighted by atomic mass is 32.2. The first kappa shape index (κ1) is 19.0. The molecular weight excluding hydrogens is 318 g/mol. The summed E-state index contributed by atoms with van der Waals surface area (Å²) >= 11 is 0. The Morgan fingerprint density at radius 2 is 2.12 bits per heavy atom. The summed E-state index contributed by atoms with van der Waals surface area (Å²) in [5.74, 6) is 3.76. The van der Waals surface area contributed by atoms with Gasteiger partial charge in [0.1, 0.15) is 0 Å². The minimum absolute atomic E-state index is 0.626. The van der Waals surface area contributed by atoms with Crippen LogP contribution in [0.3, 0.4) is 0 Å². The van der Waals surface area contributed by atoms with Gasteiger partial charge in [0.25, 0.3) is 0 Å². The summed E-state index contributed by atoms with van der Waals surface area (Å²) in [5.41, 5.74) is 1.14. The maximum Gasteiger partial charge on any atom is 0.193 e. The van der Waals surface area contributed by atoms with Crippen molar-refractivity contribution in [2.75, 3.05) is 32.4 Å². The maximum atomic E-state index is 12.2. The number of rotatable bonds is 7. The van der Waals surface area contributed by atoms with Crippen molar-refractivity contribution in [2.24, 2.45) is 16.8 Å². The molecule has 1 N–H and O–H groups in total. The van der Waals surface area contributed by atoms with E-state index in [1.807, 2.05) is 37.4 Å². The number of hydrogen-bond acceptors (Lipinski definition) is 2. The van der Waals surface area contributed by atoms with Crippen LogP contribution in [0.2, 0.25) is 0 Å². The molecule has 0 spiro atoms. The maximum absolute atomic E-state index is 12.2. The summed E-state index contributed by atoms with van der Waals surface area (Å²) in [4.78, 5) is 6.74. The first-order chi connectivity index (χ1) is 11.6. The van der Waals surface area contributed by atoms with E-state index < -0.39 is 10.8 Å². The van der Waals surface area contributed by atoms with Crippen LogP contribution in [0, 0.1) is 11.8 Å². The van der Waals surface area contributed by atoms with Gasteiger partial charge in [-0.3, -0.25) is 9.20 Å². The van der Waals surface area contributed by atoms with Gasteiger partial charge in [-0.25, -0.2) is 0 Å². The fourth-order valence-corrected chi connectivity index (χ4v) is 4.36. The second-order valence-corrected chi connectivity index (χ2v) is 8.55. The molecule has 1 aliphatic rings. The molecule has 1 fully saturated rings. The van der Waals surface area contributed by atoms with Crippen LogP contribution in [-0.4, -0.2) is 47.5 Å². The van der Waals surface area contributed by atoms with Crippen LogP contribution in [0.1, 0.15) is 32.3 Å². The van der Waals surface area contributed by atoms with E-state index in [1.54, 1.807) is 0 Å². The van der Waals surface area contributed by atoms with E-state index in [0.717, 1.165) is 36.4 Å². The van der Waals surface area contributed by atoms with Crippen molar-refractivity contribution in [3.05, 3.63) is 35.9 Å². The Kier molecular flexibility index (Phi) is 7.76. The summed E-state index contributed by atoms with van der Waals surface area (Å²) in [6.45, 7) is 7.45. The number of nitrogens with zero attached hydrogens (tertiary/aromatic N) is 2. The lowest BCUT2D eigenvalue weighted by Crippen LogP contribution is -2.41. The zero-order valence-electron chi connectivity index (χ0n) is 15.2. The summed E-state index contributed by atoms with van der Waals surface area (Å²) < 4.78 is 12.2. The second-order valence-electron chi connectivity index (χ2n) is 6.98. The Bertz CT molecular complexity index is 545. The highest BCUT2D eigenvalue weighted by Gasteiger charge is 2.25. The van der Waals surface area contributed by atoms with Gasteiger partial charge in [0.05, 0.1) is 0 Å². The van der Waals surface area contributed by atoms with E-state index in [0.29, 0.717) is 18.1 Å². The molecule has 2 unspecified atom stereocenters. The van der Waals surface area contributed by atoms with Crippen molar-refractivity contribution in [1.29, 1.82) is 0 Å². The largest absolute Gasteiger partial charge is 0.355 e. The van der Waals surface area contributed by atoms with E-state index in [-0.39, 0.29) is 0 Å². The first-order valence-corrected chi connectivity index (χ1v) is 10.4. The third kappa shape index (κ3) is 6.27. The van der Waals surface area contributed by atoms with Crippen molar-refractivity contribution in [1.82, 2.24) is 10.2 Å². The Morgan fingerprint density at radius 3 is 2.79 bits per heavy atom. The normalized spacial score (nSPS) is 19.8. The molecular formula is C19H31N3OS. The number of hydrogen-bond donors (Lipinski definition) is 1. The molecule has 0 aliphatic carbocycles. The zero-order valence-corrected chi connectivity index (χ0v) is 16.0. The molecule has 1 saturated heterocycles. The molecule has 2 atom stereocenters. The van der Waals surface area contributed by atoms with Gasteiger partial charge in [0.2, 0.25) is 0 Å². The third-order valence-electron chi connectivity index (χ3n) is 4.39. The summed E-state index contributed by atoms with van der Waals surface area (Å²) in [6.07, 6.45) is 2.54. The molecule has 1 aromatic rings. The molecule has 0 saturated carbocycles. The second kappa shape index (κ2) is 9.82. The van der Waals surface area contributed by atoms with Crippen LogP contribution in [0.4, 0.5) is 0 Å². The van der Waals surface area contributed by atoms with Gasteiger partial charge < -0.3 is 10.2 Å². The summed E-state index contributed by atoms with van der Waals surface area (Å²) in [5, 5.41) is 3.38. The van der Waals surface area contributed by atoms with Gasteiger partial charge in [0, 0.05) is 49.0 Å². The van der Waals surface area contributed by atoms with Gasteiger partial charge in [-0.15, -0.1) is 0 Å². The third-order valence-corrected chi connectivity index (χ3v) is 5.70. The Morgan fingerprint density at radius 1 is 1.38 bits per heavy atom. The molecule has 134 valence electrons. The van der Waals surface area contributed by atoms with Gasteiger partial charge in [0.15, 0.2) is 5.96 Å². The van der Waals surface area contributed by atoms with E-state index in [2.05, 4.69) is 29.1 Å². The van der Waals surface area contributed by atoms with Crippen LogP contribution < -0.4 is 5.32 Å². The Hall–Kier alpha value is -1.36. The van der Waals surface area contributed by atoms with Crippen LogP contribution in [0.15, 0.2) is 35.3 Å². The lowest BCUT2D eigenvalue weighted by molar-refractivity contribution is 0.404. The Labute approximate surface area is 149 Å². The predicted molar refractivity (Wildman–Crippen MR) is 104 cm³/mol. The standard InChI is InChI=1S/C19H31N3OS/c1-16(2)13-18-9-11-22(14-18)19(20-3)21-10-12-24(23)15-17-7-5-4-6-8-17/h4-8,16,18H,9-15H2,1-3H3,(H,20,21). The van der Waals surface area contributed by atoms with Crippen LogP contribution in [0.5, 0.6) is 0 Å². The lowest BCUT2D eigenvalue weighted by atomic mass is 9.97. The van der Waals surface area contributed by atoms with E-state index in [9.17, 15) is 4.21 Å². The monoisotopic (exact) mass is 349 g/mol. The van der Waals surface area contributed by atoms with Gasteiger partial charge in [-0.1, -0.05) is 44.2 Å². The summed E-state index contributed by atoms with van der Waals surface area (Å²) in [6, 6.07) is 10.0. The number of nitrogens with one attached hydrogen (secondary N) is 1. The van der Waals surface area contributed by atoms with Gasteiger partial charge >= 0.3 is 0 Å². The number of aliphatic imine (C=N–C) groups is 1. The highest BCUT2D eigenvalue weighted by Crippen LogP contribution is 2.23. The number of benzene rings is 1. The Balaban J connectivity index is 1.71. The zero-order chi connectivity index (χ0) is 17.4. The number of guanidine groups is 1. The highest BCUT2D eigenvalue weighted by molar-refractivity contribution is 7.84. The first-order valence-electron chi connectivity index (χ1n) is 8.93. The molecule has 24 heavy (non-hydrogen) atoms. The molecule has 0 radical (unpaired) electrons. The molecule has 4 nitrogen and oxygen atoms in total. The van der Waals surface area contributed by atoms with Crippen molar-refractivity contribution >= 4 is 16.8 Å². The lowest BCUT2D eigenvalue weighted by Gasteiger charge is -2.22. The van der Waals surface area contributed by atoms with Crippen molar-refractivity contribution in [3.63, 3.8) is 0 Å². The van der Waals surface area contributed by atoms with Crippen molar-refractivity contribution < 1.29 is 4.21 Å². The smallest absolute Gasteiger partial charge is 0.193 e.